The average molecular weight is 618 g/mol. The zero-order valence-corrected chi connectivity index (χ0v) is 18.2. The van der Waals surface area contributed by atoms with E-state index in [1.807, 2.05) is 0 Å². The summed E-state index contributed by atoms with van der Waals surface area (Å²) in [5, 5.41) is 0. The van der Waals surface area contributed by atoms with Crippen LogP contribution in [0.1, 0.15) is 45.4 Å². The Balaban J connectivity index is 8.75. The Morgan fingerprint density at radius 1 is 0.342 bits per heavy atom. The molecule has 1 atom stereocenters. The van der Waals surface area contributed by atoms with Gasteiger partial charge in [-0.2, -0.15) is 92.2 Å². The average Bonchev–Trinajstić information content (AvgIpc) is 2.61. The molecule has 0 saturated carbocycles. The fourth-order valence-corrected chi connectivity index (χ4v) is 4.10. The van der Waals surface area contributed by atoms with Crippen LogP contribution in [0.4, 0.5) is 92.2 Å². The van der Waals surface area contributed by atoms with Gasteiger partial charge in [-0.1, -0.05) is 39.0 Å². The monoisotopic (exact) mass is 618 g/mol. The van der Waals surface area contributed by atoms with Gasteiger partial charge >= 0.3 is 48.6 Å². The van der Waals surface area contributed by atoms with Gasteiger partial charge in [0.2, 0.25) is 5.41 Å². The number of hydrogen-bond donors (Lipinski definition) is 0. The lowest BCUT2D eigenvalue weighted by atomic mass is 9.50. The summed E-state index contributed by atoms with van der Waals surface area (Å²) in [5.74, 6) is -27.3. The molecule has 0 spiro atoms. The molecule has 0 amide bonds. The highest BCUT2D eigenvalue weighted by atomic mass is 19.4. The maximum atomic E-state index is 14.4. The lowest BCUT2D eigenvalue weighted by Crippen LogP contribution is -2.83. The maximum Gasteiger partial charge on any atom is 0.454 e. The molecular weight excluding hydrogens is 603 g/mol. The Labute approximate surface area is 198 Å². The van der Waals surface area contributed by atoms with E-state index in [2.05, 4.69) is 0 Å². The molecule has 0 bridgehead atoms. The minimum atomic E-state index is -9.53. The van der Waals surface area contributed by atoms with Gasteiger partial charge in [-0.25, -0.2) is 0 Å². The van der Waals surface area contributed by atoms with Crippen LogP contribution in [-0.4, -0.2) is 48.6 Å². The van der Waals surface area contributed by atoms with Gasteiger partial charge < -0.3 is 0 Å². The predicted octanol–water partition coefficient (Wildman–Crippen LogP) is 10.0. The molecule has 0 saturated heterocycles. The van der Waals surface area contributed by atoms with E-state index in [1.165, 1.54) is 6.92 Å². The van der Waals surface area contributed by atoms with Crippen LogP contribution in [0, 0.1) is 10.8 Å². The summed E-state index contributed by atoms with van der Waals surface area (Å²) in [6, 6.07) is 0. The molecule has 0 aliphatic heterocycles. The number of rotatable bonds is 10. The molecule has 0 heterocycles. The molecule has 0 fully saturated rings. The third-order valence-corrected chi connectivity index (χ3v) is 5.75. The Bertz CT molecular complexity index is 748. The second kappa shape index (κ2) is 10.2. The van der Waals surface area contributed by atoms with E-state index in [-0.39, 0.29) is 12.8 Å². The molecule has 0 rings (SSSR count). The summed E-state index contributed by atoms with van der Waals surface area (Å²) in [4.78, 5) is 0. The van der Waals surface area contributed by atoms with Gasteiger partial charge in [0.25, 0.3) is 0 Å². The molecule has 38 heavy (non-hydrogen) atoms. The zero-order chi connectivity index (χ0) is 31.2. The molecular formula is C17H15F21. The third kappa shape index (κ3) is 5.07. The second-order valence-corrected chi connectivity index (χ2v) is 8.03. The predicted molar refractivity (Wildman–Crippen MR) is 83.4 cm³/mol. The first-order chi connectivity index (χ1) is 16.3. The molecule has 0 aromatic heterocycles. The first kappa shape index (κ1) is 36.5. The largest absolute Gasteiger partial charge is 0.454 e. The number of alkyl halides is 21. The first-order valence-electron chi connectivity index (χ1n) is 9.78. The third-order valence-electron chi connectivity index (χ3n) is 5.75. The van der Waals surface area contributed by atoms with Crippen LogP contribution in [0.5, 0.6) is 0 Å². The normalized spacial score (nSPS) is 17.5. The van der Waals surface area contributed by atoms with E-state index in [9.17, 15) is 92.2 Å². The van der Waals surface area contributed by atoms with Crippen LogP contribution < -0.4 is 0 Å². The van der Waals surface area contributed by atoms with E-state index < -0.39 is 85.2 Å². The standard InChI is InChI=1S/C17H15F21/c1-2-3-4-5-6-7-8(13(24,25)26,10(18,19)15(30,31)32)9(14(27,28)29,11(20,21)16(33,34)35)12(22,23)17(36,37)38/h2-7H2,1H3. The van der Waals surface area contributed by atoms with Crippen LogP contribution in [0.25, 0.3) is 0 Å². The van der Waals surface area contributed by atoms with Crippen molar-refractivity contribution in [3.8, 4) is 0 Å². The van der Waals surface area contributed by atoms with Gasteiger partial charge in [-0.05, 0) is 6.42 Å². The smallest absolute Gasteiger partial charge is 0.195 e. The Hall–Kier alpha value is -1.47. The maximum absolute atomic E-state index is 14.4. The SMILES string of the molecule is CCCCCCCC(C(F)(F)F)(C(F)(F)C(F)(F)F)C(C(F)(F)F)(C(F)(F)C(F)(F)F)C(F)(F)C(F)(F)F. The van der Waals surface area contributed by atoms with Gasteiger partial charge in [-0.3, -0.25) is 0 Å². The number of hydrogen-bond acceptors (Lipinski definition) is 0. The minimum absolute atomic E-state index is 0.0356. The molecule has 21 heteroatoms. The summed E-state index contributed by atoms with van der Waals surface area (Å²) in [5.41, 5.74) is -18.0. The van der Waals surface area contributed by atoms with Gasteiger partial charge in [0.1, 0.15) is 0 Å². The van der Waals surface area contributed by atoms with Crippen molar-refractivity contribution in [3.63, 3.8) is 0 Å². The van der Waals surface area contributed by atoms with E-state index in [0.29, 0.717) is 0 Å². The quantitative estimate of drug-likeness (QED) is 0.169. The molecule has 0 radical (unpaired) electrons. The Kier molecular flexibility index (Phi) is 9.78. The molecule has 0 aliphatic carbocycles. The first-order valence-corrected chi connectivity index (χ1v) is 9.78. The summed E-state index contributed by atoms with van der Waals surface area (Å²) in [7, 11) is 0. The lowest BCUT2D eigenvalue weighted by molar-refractivity contribution is -0.542. The van der Waals surface area contributed by atoms with Crippen molar-refractivity contribution in [2.24, 2.45) is 10.8 Å². The Morgan fingerprint density at radius 3 is 0.895 bits per heavy atom. The van der Waals surface area contributed by atoms with Crippen molar-refractivity contribution >= 4 is 0 Å². The summed E-state index contributed by atoms with van der Waals surface area (Å²) < 4.78 is 287. The summed E-state index contributed by atoms with van der Waals surface area (Å²) in [6.07, 6.45) is -51.6. The van der Waals surface area contributed by atoms with E-state index in [0.717, 1.165) is 0 Å². The van der Waals surface area contributed by atoms with Crippen LogP contribution in [0.15, 0.2) is 0 Å². The minimum Gasteiger partial charge on any atom is -0.195 e. The van der Waals surface area contributed by atoms with Gasteiger partial charge in [-0.15, -0.1) is 0 Å². The summed E-state index contributed by atoms with van der Waals surface area (Å²) >= 11 is 0. The van der Waals surface area contributed by atoms with Crippen molar-refractivity contribution < 1.29 is 92.2 Å². The van der Waals surface area contributed by atoms with Gasteiger partial charge in [0.15, 0.2) is 5.41 Å². The topological polar surface area (TPSA) is 0 Å². The van der Waals surface area contributed by atoms with Crippen molar-refractivity contribution in [2.75, 3.05) is 0 Å². The second-order valence-electron chi connectivity index (χ2n) is 8.03. The number of unbranched alkanes of at least 4 members (excludes halogenated alkanes) is 4. The van der Waals surface area contributed by atoms with Crippen molar-refractivity contribution in [2.45, 2.75) is 94.1 Å². The Morgan fingerprint density at radius 2 is 0.658 bits per heavy atom. The highest BCUT2D eigenvalue weighted by molar-refractivity contribution is 5.26. The summed E-state index contributed by atoms with van der Waals surface area (Å²) in [6.45, 7) is 1.29. The number of halogens is 21. The van der Waals surface area contributed by atoms with Crippen molar-refractivity contribution in [3.05, 3.63) is 0 Å². The lowest BCUT2D eigenvalue weighted by Gasteiger charge is -2.58. The molecule has 0 aromatic carbocycles. The van der Waals surface area contributed by atoms with Crippen molar-refractivity contribution in [1.82, 2.24) is 0 Å². The van der Waals surface area contributed by atoms with Gasteiger partial charge in [0, 0.05) is 0 Å². The van der Waals surface area contributed by atoms with E-state index in [4.69, 9.17) is 0 Å². The van der Waals surface area contributed by atoms with Gasteiger partial charge in [0.05, 0.1) is 0 Å². The molecule has 1 unspecified atom stereocenters. The highest BCUT2D eigenvalue weighted by Crippen LogP contribution is 2.80. The molecule has 0 N–H and O–H groups in total. The van der Waals surface area contributed by atoms with E-state index >= 15 is 0 Å². The molecule has 0 aromatic rings. The molecule has 230 valence electrons. The van der Waals surface area contributed by atoms with Crippen LogP contribution in [-0.2, 0) is 0 Å². The van der Waals surface area contributed by atoms with Crippen molar-refractivity contribution in [1.29, 1.82) is 0 Å². The van der Waals surface area contributed by atoms with Crippen LogP contribution >= 0.6 is 0 Å². The zero-order valence-electron chi connectivity index (χ0n) is 18.2. The van der Waals surface area contributed by atoms with Crippen LogP contribution in [0.2, 0.25) is 0 Å². The van der Waals surface area contributed by atoms with E-state index in [1.54, 1.807) is 0 Å². The molecule has 0 nitrogen and oxygen atoms in total. The fourth-order valence-electron chi connectivity index (χ4n) is 4.10. The molecule has 0 aliphatic rings. The highest BCUT2D eigenvalue weighted by Gasteiger charge is 3.05. The van der Waals surface area contributed by atoms with Crippen LogP contribution in [0.3, 0.4) is 0 Å². The fraction of sp³-hybridized carbons (Fsp3) is 1.00.